The number of β-amino-alcohol motifs (C(OH)–C–C–N with tert-alkyl or cyclic N) is 2. The molecular formula is C14H22N2O4S. The fourth-order valence-electron chi connectivity index (χ4n) is 2.42. The lowest BCUT2D eigenvalue weighted by Gasteiger charge is -2.26. The molecule has 2 rings (SSSR count). The predicted octanol–water partition coefficient (Wildman–Crippen LogP) is -0.217. The van der Waals surface area contributed by atoms with E-state index in [1.54, 1.807) is 18.2 Å². The summed E-state index contributed by atoms with van der Waals surface area (Å²) in [7, 11) is -3.69. The minimum atomic E-state index is -3.69. The number of nitrogens with one attached hydrogen (secondary N) is 1. The van der Waals surface area contributed by atoms with Crippen LogP contribution in [0.4, 0.5) is 0 Å². The third-order valence-corrected chi connectivity index (χ3v) is 5.51. The Kier molecular flexibility index (Phi) is 5.00. The second-order valence-electron chi connectivity index (χ2n) is 5.41. The summed E-state index contributed by atoms with van der Waals surface area (Å²) in [6.07, 6.45) is -0.196. The Hall–Kier alpha value is -0.990. The maximum atomic E-state index is 12.5. The van der Waals surface area contributed by atoms with Gasteiger partial charge in [0.15, 0.2) is 0 Å². The molecule has 1 aliphatic heterocycles. The van der Waals surface area contributed by atoms with Crippen LogP contribution < -0.4 is 5.32 Å². The van der Waals surface area contributed by atoms with Crippen LogP contribution in [0.25, 0.3) is 0 Å². The lowest BCUT2D eigenvalue weighted by atomic mass is 10.0. The number of nitrogens with zero attached hydrogens (tertiary/aromatic N) is 1. The Morgan fingerprint density at radius 2 is 2.05 bits per heavy atom. The lowest BCUT2D eigenvalue weighted by molar-refractivity contribution is -0.0381. The fraction of sp³-hybridized carbons (Fsp3) is 0.571. The van der Waals surface area contributed by atoms with Crippen molar-refractivity contribution in [2.24, 2.45) is 0 Å². The molecule has 0 aliphatic carbocycles. The summed E-state index contributed by atoms with van der Waals surface area (Å²) < 4.78 is 26.1. The summed E-state index contributed by atoms with van der Waals surface area (Å²) in [5.41, 5.74) is -1.45. The van der Waals surface area contributed by atoms with Gasteiger partial charge in [0, 0.05) is 19.6 Å². The molecule has 1 saturated heterocycles. The van der Waals surface area contributed by atoms with E-state index in [4.69, 9.17) is 0 Å². The highest BCUT2D eigenvalue weighted by Crippen LogP contribution is 2.27. The molecule has 1 aromatic carbocycles. The van der Waals surface area contributed by atoms with E-state index in [0.717, 1.165) is 10.7 Å². The molecule has 7 heteroatoms. The highest BCUT2D eigenvalue weighted by molar-refractivity contribution is 7.89. The minimum Gasteiger partial charge on any atom is -0.389 e. The van der Waals surface area contributed by atoms with Crippen LogP contribution in [-0.2, 0) is 10.0 Å². The van der Waals surface area contributed by atoms with Gasteiger partial charge in [-0.05, 0) is 25.1 Å². The van der Waals surface area contributed by atoms with Crippen LogP contribution in [0.3, 0.4) is 0 Å². The van der Waals surface area contributed by atoms with Crippen LogP contribution in [0.5, 0.6) is 0 Å². The van der Waals surface area contributed by atoms with Gasteiger partial charge in [0.2, 0.25) is 10.0 Å². The van der Waals surface area contributed by atoms with Crippen molar-refractivity contribution in [2.45, 2.75) is 29.9 Å². The first-order chi connectivity index (χ1) is 9.90. The average molecular weight is 314 g/mol. The first-order valence-electron chi connectivity index (χ1n) is 7.06. The molecule has 1 heterocycles. The molecule has 0 unspecified atom stereocenters. The zero-order chi connectivity index (χ0) is 15.5. The second-order valence-corrected chi connectivity index (χ2v) is 7.34. The van der Waals surface area contributed by atoms with Crippen LogP contribution in [0.2, 0.25) is 0 Å². The first-order valence-corrected chi connectivity index (χ1v) is 8.50. The van der Waals surface area contributed by atoms with E-state index in [-0.39, 0.29) is 24.5 Å². The summed E-state index contributed by atoms with van der Waals surface area (Å²) in [6, 6.07) is 8.05. The van der Waals surface area contributed by atoms with Gasteiger partial charge >= 0.3 is 0 Å². The standard InChI is InChI=1S/C14H22N2O4S/c1-2-8-15-10-14(18)11-16(9-13(14)17)21(19,20)12-6-4-3-5-7-12/h3-7,13,15,17-18H,2,8-11H2,1H3/t13-,14+/m1/s1. The van der Waals surface area contributed by atoms with Crippen molar-refractivity contribution >= 4 is 10.0 Å². The molecular weight excluding hydrogens is 292 g/mol. The SMILES string of the molecule is CCCNC[C@]1(O)CN(S(=O)(=O)c2ccccc2)C[C@H]1O. The maximum absolute atomic E-state index is 12.5. The highest BCUT2D eigenvalue weighted by Gasteiger charge is 2.48. The van der Waals surface area contributed by atoms with E-state index >= 15 is 0 Å². The molecule has 6 nitrogen and oxygen atoms in total. The predicted molar refractivity (Wildman–Crippen MR) is 79.3 cm³/mol. The van der Waals surface area contributed by atoms with Crippen LogP contribution in [-0.4, -0.2) is 60.8 Å². The molecule has 0 amide bonds. The molecule has 0 radical (unpaired) electrons. The largest absolute Gasteiger partial charge is 0.389 e. The van der Waals surface area contributed by atoms with Crippen molar-refractivity contribution in [2.75, 3.05) is 26.2 Å². The van der Waals surface area contributed by atoms with Crippen molar-refractivity contribution < 1.29 is 18.6 Å². The van der Waals surface area contributed by atoms with Crippen LogP contribution in [0.1, 0.15) is 13.3 Å². The van der Waals surface area contributed by atoms with Gasteiger partial charge in [0.25, 0.3) is 0 Å². The van der Waals surface area contributed by atoms with Crippen LogP contribution in [0, 0.1) is 0 Å². The van der Waals surface area contributed by atoms with E-state index < -0.39 is 21.7 Å². The van der Waals surface area contributed by atoms with Gasteiger partial charge < -0.3 is 15.5 Å². The first kappa shape index (κ1) is 16.4. The number of aliphatic hydroxyl groups is 2. The molecule has 0 aromatic heterocycles. The summed E-state index contributed by atoms with van der Waals surface area (Å²) >= 11 is 0. The molecule has 1 fully saturated rings. The van der Waals surface area contributed by atoms with Gasteiger partial charge in [0.1, 0.15) is 5.60 Å². The minimum absolute atomic E-state index is 0.0957. The summed E-state index contributed by atoms with van der Waals surface area (Å²) in [6.45, 7) is 2.67. The van der Waals surface area contributed by atoms with E-state index in [1.165, 1.54) is 12.1 Å². The lowest BCUT2D eigenvalue weighted by Crippen LogP contribution is -2.50. The smallest absolute Gasteiger partial charge is 0.243 e. The van der Waals surface area contributed by atoms with E-state index in [9.17, 15) is 18.6 Å². The van der Waals surface area contributed by atoms with Crippen molar-refractivity contribution in [3.8, 4) is 0 Å². The Balaban J connectivity index is 2.13. The summed E-state index contributed by atoms with van der Waals surface area (Å²) in [4.78, 5) is 0.169. The van der Waals surface area contributed by atoms with E-state index in [1.807, 2.05) is 6.92 Å². The monoisotopic (exact) mass is 314 g/mol. The molecule has 0 bridgehead atoms. The van der Waals surface area contributed by atoms with Gasteiger partial charge in [0.05, 0.1) is 11.0 Å². The molecule has 1 aliphatic rings. The zero-order valence-electron chi connectivity index (χ0n) is 12.1. The molecule has 118 valence electrons. The van der Waals surface area contributed by atoms with Crippen molar-refractivity contribution in [3.05, 3.63) is 30.3 Å². The second kappa shape index (κ2) is 6.41. The van der Waals surface area contributed by atoms with Crippen LogP contribution >= 0.6 is 0 Å². The fourth-order valence-corrected chi connectivity index (χ4v) is 3.95. The Labute approximate surface area is 125 Å². The number of rotatable bonds is 6. The third kappa shape index (κ3) is 3.44. The van der Waals surface area contributed by atoms with Gasteiger partial charge in [-0.2, -0.15) is 4.31 Å². The molecule has 1 aromatic rings. The number of aliphatic hydroxyl groups excluding tert-OH is 1. The molecule has 2 atom stereocenters. The molecule has 21 heavy (non-hydrogen) atoms. The summed E-state index contributed by atoms with van der Waals surface area (Å²) in [5.74, 6) is 0. The Morgan fingerprint density at radius 3 is 2.67 bits per heavy atom. The maximum Gasteiger partial charge on any atom is 0.243 e. The quantitative estimate of drug-likeness (QED) is 0.632. The van der Waals surface area contributed by atoms with Gasteiger partial charge in [-0.1, -0.05) is 25.1 Å². The number of sulfonamides is 1. The Morgan fingerprint density at radius 1 is 1.38 bits per heavy atom. The topological polar surface area (TPSA) is 89.9 Å². The van der Waals surface area contributed by atoms with Crippen molar-refractivity contribution in [1.29, 1.82) is 0 Å². The number of hydrogen-bond acceptors (Lipinski definition) is 5. The summed E-state index contributed by atoms with van der Waals surface area (Å²) in [5, 5.41) is 23.5. The average Bonchev–Trinajstić information content (AvgIpc) is 2.77. The highest BCUT2D eigenvalue weighted by atomic mass is 32.2. The molecule has 0 spiro atoms. The number of benzene rings is 1. The van der Waals surface area contributed by atoms with Gasteiger partial charge in [-0.25, -0.2) is 8.42 Å². The third-order valence-electron chi connectivity index (χ3n) is 3.69. The Bertz CT molecular complexity index is 564. The zero-order valence-corrected chi connectivity index (χ0v) is 12.9. The van der Waals surface area contributed by atoms with Crippen molar-refractivity contribution in [1.82, 2.24) is 9.62 Å². The molecule has 0 saturated carbocycles. The van der Waals surface area contributed by atoms with Gasteiger partial charge in [-0.15, -0.1) is 0 Å². The van der Waals surface area contributed by atoms with Gasteiger partial charge in [-0.3, -0.25) is 0 Å². The van der Waals surface area contributed by atoms with Crippen molar-refractivity contribution in [3.63, 3.8) is 0 Å². The normalized spacial score (nSPS) is 27.1. The number of hydrogen-bond donors (Lipinski definition) is 3. The van der Waals surface area contributed by atoms with E-state index in [2.05, 4.69) is 5.32 Å². The van der Waals surface area contributed by atoms with Crippen LogP contribution in [0.15, 0.2) is 35.2 Å². The van der Waals surface area contributed by atoms with E-state index in [0.29, 0.717) is 6.54 Å². The molecule has 3 N–H and O–H groups in total.